The number of carbonyl (C=O) groups is 1. The number of amides is 1. The Hall–Kier alpha value is -1.97. The quantitative estimate of drug-likeness (QED) is 0.813. The average molecular weight is 213 g/mol. The molecule has 2 N–H and O–H groups in total. The van der Waals surface area contributed by atoms with Gasteiger partial charge in [0.05, 0.1) is 10.9 Å². The molecule has 4 nitrogen and oxygen atoms in total. The van der Waals surface area contributed by atoms with Crippen LogP contribution in [0.1, 0.15) is 18.4 Å². The van der Waals surface area contributed by atoms with Gasteiger partial charge in [0.2, 0.25) is 5.91 Å². The average Bonchev–Trinajstić information content (AvgIpc) is 3.09. The van der Waals surface area contributed by atoms with Crippen LogP contribution in [0.3, 0.4) is 0 Å². The van der Waals surface area contributed by atoms with Crippen molar-refractivity contribution in [3.63, 3.8) is 0 Å². The van der Waals surface area contributed by atoms with Crippen LogP contribution in [-0.2, 0) is 10.2 Å². The number of hydrogen-bond acceptors (Lipinski definition) is 3. The molecule has 1 aliphatic carbocycles. The van der Waals surface area contributed by atoms with Crippen molar-refractivity contribution in [3.05, 3.63) is 36.3 Å². The van der Waals surface area contributed by atoms with Gasteiger partial charge in [0.1, 0.15) is 0 Å². The number of hydrogen-bond donors (Lipinski definition) is 1. The van der Waals surface area contributed by atoms with Gasteiger partial charge in [-0.2, -0.15) is 0 Å². The molecule has 0 spiro atoms. The summed E-state index contributed by atoms with van der Waals surface area (Å²) in [7, 11) is 0. The fraction of sp³-hybridized carbons (Fsp3) is 0.250. The van der Waals surface area contributed by atoms with Gasteiger partial charge in [-0.1, -0.05) is 0 Å². The molecule has 1 amide bonds. The van der Waals surface area contributed by atoms with Crippen LogP contribution in [0.2, 0.25) is 0 Å². The lowest BCUT2D eigenvalue weighted by Crippen LogP contribution is -2.28. The highest BCUT2D eigenvalue weighted by Crippen LogP contribution is 2.49. The molecule has 0 unspecified atom stereocenters. The standard InChI is InChI=1S/C12H11N3O/c13-11(16)12(3-4-12)9-7-14-6-8-2-1-5-15-10(8)9/h1-2,5-7H,3-4H2,(H2,13,16). The van der Waals surface area contributed by atoms with Crippen LogP contribution >= 0.6 is 0 Å². The maximum atomic E-state index is 11.5. The second-order valence-electron chi connectivity index (χ2n) is 4.21. The summed E-state index contributed by atoms with van der Waals surface area (Å²) < 4.78 is 0. The fourth-order valence-electron chi connectivity index (χ4n) is 2.12. The van der Waals surface area contributed by atoms with Crippen molar-refractivity contribution in [2.45, 2.75) is 18.3 Å². The third kappa shape index (κ3) is 1.13. The predicted molar refractivity (Wildman–Crippen MR) is 59.6 cm³/mol. The van der Waals surface area contributed by atoms with E-state index in [0.717, 1.165) is 29.3 Å². The summed E-state index contributed by atoms with van der Waals surface area (Å²) in [6.07, 6.45) is 6.80. The van der Waals surface area contributed by atoms with Gasteiger partial charge in [0.15, 0.2) is 0 Å². The summed E-state index contributed by atoms with van der Waals surface area (Å²) >= 11 is 0. The first-order valence-electron chi connectivity index (χ1n) is 5.23. The number of carbonyl (C=O) groups excluding carboxylic acids is 1. The molecule has 1 fully saturated rings. The van der Waals surface area contributed by atoms with Crippen LogP contribution in [0.15, 0.2) is 30.7 Å². The molecular weight excluding hydrogens is 202 g/mol. The number of primary amides is 1. The van der Waals surface area contributed by atoms with Gasteiger partial charge in [-0.3, -0.25) is 14.8 Å². The maximum absolute atomic E-state index is 11.5. The van der Waals surface area contributed by atoms with E-state index in [1.165, 1.54) is 0 Å². The van der Waals surface area contributed by atoms with Crippen molar-refractivity contribution >= 4 is 16.8 Å². The molecule has 0 aromatic carbocycles. The Balaban J connectivity index is 2.29. The van der Waals surface area contributed by atoms with Crippen molar-refractivity contribution in [1.82, 2.24) is 9.97 Å². The van der Waals surface area contributed by atoms with Gasteiger partial charge in [-0.05, 0) is 25.0 Å². The van der Waals surface area contributed by atoms with Gasteiger partial charge in [0, 0.05) is 29.5 Å². The van der Waals surface area contributed by atoms with E-state index in [1.54, 1.807) is 18.6 Å². The van der Waals surface area contributed by atoms with E-state index in [1.807, 2.05) is 12.1 Å². The van der Waals surface area contributed by atoms with Crippen molar-refractivity contribution in [2.75, 3.05) is 0 Å². The van der Waals surface area contributed by atoms with Crippen molar-refractivity contribution in [1.29, 1.82) is 0 Å². The Labute approximate surface area is 92.5 Å². The zero-order valence-electron chi connectivity index (χ0n) is 8.68. The molecule has 3 rings (SSSR count). The zero-order chi connectivity index (χ0) is 11.2. The lowest BCUT2D eigenvalue weighted by Gasteiger charge is -2.12. The van der Waals surface area contributed by atoms with Crippen molar-refractivity contribution in [2.24, 2.45) is 5.73 Å². The first-order valence-corrected chi connectivity index (χ1v) is 5.23. The molecule has 16 heavy (non-hydrogen) atoms. The third-order valence-corrected chi connectivity index (χ3v) is 3.25. The van der Waals surface area contributed by atoms with Gasteiger partial charge < -0.3 is 5.73 Å². The topological polar surface area (TPSA) is 68.9 Å². The van der Waals surface area contributed by atoms with E-state index in [2.05, 4.69) is 9.97 Å². The number of nitrogens with two attached hydrogens (primary N) is 1. The van der Waals surface area contributed by atoms with Crippen molar-refractivity contribution < 1.29 is 4.79 Å². The number of pyridine rings is 2. The number of nitrogens with zero attached hydrogens (tertiary/aromatic N) is 2. The minimum absolute atomic E-state index is 0.271. The van der Waals surface area contributed by atoms with Crippen molar-refractivity contribution in [3.8, 4) is 0 Å². The maximum Gasteiger partial charge on any atom is 0.228 e. The summed E-state index contributed by atoms with van der Waals surface area (Å²) in [4.78, 5) is 20.0. The fourth-order valence-corrected chi connectivity index (χ4v) is 2.12. The van der Waals surface area contributed by atoms with Gasteiger partial charge in [-0.15, -0.1) is 0 Å². The first kappa shape index (κ1) is 9.27. The molecule has 0 bridgehead atoms. The van der Waals surface area contributed by atoms with Crippen LogP contribution in [0.5, 0.6) is 0 Å². The van der Waals surface area contributed by atoms with Crippen LogP contribution in [0.25, 0.3) is 10.9 Å². The molecule has 0 atom stereocenters. The summed E-state index contributed by atoms with van der Waals surface area (Å²) in [5.74, 6) is -0.271. The molecule has 2 aromatic rings. The highest BCUT2D eigenvalue weighted by atomic mass is 16.1. The second kappa shape index (κ2) is 3.01. The molecular formula is C12H11N3O. The lowest BCUT2D eigenvalue weighted by atomic mass is 9.95. The van der Waals surface area contributed by atoms with E-state index in [9.17, 15) is 4.79 Å². The third-order valence-electron chi connectivity index (χ3n) is 3.25. The highest BCUT2D eigenvalue weighted by Gasteiger charge is 2.51. The Bertz CT molecular complexity index is 570. The highest BCUT2D eigenvalue weighted by molar-refractivity contribution is 5.95. The van der Waals surface area contributed by atoms with Gasteiger partial charge >= 0.3 is 0 Å². The molecule has 80 valence electrons. The zero-order valence-corrected chi connectivity index (χ0v) is 8.68. The first-order chi connectivity index (χ1) is 7.74. The van der Waals surface area contributed by atoms with Gasteiger partial charge in [-0.25, -0.2) is 0 Å². The molecule has 2 heterocycles. The Kier molecular flexibility index (Phi) is 1.74. The largest absolute Gasteiger partial charge is 0.369 e. The van der Waals surface area contributed by atoms with E-state index in [4.69, 9.17) is 5.73 Å². The Morgan fingerprint density at radius 1 is 1.38 bits per heavy atom. The van der Waals surface area contributed by atoms with E-state index in [-0.39, 0.29) is 5.91 Å². The monoisotopic (exact) mass is 213 g/mol. The van der Waals surface area contributed by atoms with E-state index in [0.29, 0.717) is 0 Å². The summed E-state index contributed by atoms with van der Waals surface area (Å²) in [6, 6.07) is 3.80. The van der Waals surface area contributed by atoms with Crippen LogP contribution < -0.4 is 5.73 Å². The summed E-state index contributed by atoms with van der Waals surface area (Å²) in [5, 5.41) is 0.951. The molecule has 1 aliphatic rings. The molecule has 0 saturated heterocycles. The van der Waals surface area contributed by atoms with Crippen LogP contribution in [0.4, 0.5) is 0 Å². The number of rotatable bonds is 2. The molecule has 1 saturated carbocycles. The predicted octanol–water partition coefficient (Wildman–Crippen LogP) is 1.15. The summed E-state index contributed by atoms with van der Waals surface area (Å²) in [6.45, 7) is 0. The lowest BCUT2D eigenvalue weighted by molar-refractivity contribution is -0.120. The molecule has 0 aliphatic heterocycles. The Morgan fingerprint density at radius 2 is 2.19 bits per heavy atom. The SMILES string of the molecule is NC(=O)C1(c2cncc3cccnc23)CC1. The van der Waals surface area contributed by atoms with E-state index < -0.39 is 5.41 Å². The normalized spacial score (nSPS) is 17.2. The second-order valence-corrected chi connectivity index (χ2v) is 4.21. The van der Waals surface area contributed by atoms with Crippen LogP contribution in [-0.4, -0.2) is 15.9 Å². The molecule has 4 heteroatoms. The van der Waals surface area contributed by atoms with Crippen LogP contribution in [0, 0.1) is 0 Å². The van der Waals surface area contributed by atoms with Gasteiger partial charge in [0.25, 0.3) is 0 Å². The Morgan fingerprint density at radius 3 is 2.88 bits per heavy atom. The minimum atomic E-state index is -0.513. The number of aromatic nitrogens is 2. The molecule has 2 aromatic heterocycles. The molecule has 0 radical (unpaired) electrons. The minimum Gasteiger partial charge on any atom is -0.369 e. The summed E-state index contributed by atoms with van der Waals surface area (Å²) in [5.41, 5.74) is 6.66. The van der Waals surface area contributed by atoms with E-state index >= 15 is 0 Å². The number of fused-ring (bicyclic) bond motifs is 1. The smallest absolute Gasteiger partial charge is 0.228 e.